The minimum Gasteiger partial charge on any atom is -0.388 e. The molecule has 0 amide bonds. The number of benzene rings is 1. The minimum atomic E-state index is -0.509. The molecule has 0 aliphatic rings. The summed E-state index contributed by atoms with van der Waals surface area (Å²) in [6, 6.07) is 4.73. The van der Waals surface area contributed by atoms with Gasteiger partial charge >= 0.3 is 0 Å². The lowest BCUT2D eigenvalue weighted by molar-refractivity contribution is 0.172. The Morgan fingerprint density at radius 3 is 2.70 bits per heavy atom. The highest BCUT2D eigenvalue weighted by atomic mass is 35.5. The first-order chi connectivity index (χ1) is 9.43. The summed E-state index contributed by atoms with van der Waals surface area (Å²) in [5.74, 6) is -0.431. The van der Waals surface area contributed by atoms with Gasteiger partial charge in [0, 0.05) is 11.3 Å². The summed E-state index contributed by atoms with van der Waals surface area (Å²) in [6.07, 6.45) is 0.133. The summed E-state index contributed by atoms with van der Waals surface area (Å²) in [6.45, 7) is 6.17. The summed E-state index contributed by atoms with van der Waals surface area (Å²) >= 11 is 5.67. The van der Waals surface area contributed by atoms with Crippen LogP contribution < -0.4 is 0 Å². The third-order valence-corrected chi connectivity index (χ3v) is 3.78. The first kappa shape index (κ1) is 15.0. The Kier molecular flexibility index (Phi) is 4.45. The van der Waals surface area contributed by atoms with E-state index in [4.69, 9.17) is 11.6 Å². The molecule has 1 aromatic heterocycles. The van der Waals surface area contributed by atoms with Crippen LogP contribution >= 0.6 is 11.6 Å². The van der Waals surface area contributed by atoms with Gasteiger partial charge in [0.15, 0.2) is 0 Å². The lowest BCUT2D eigenvalue weighted by Crippen LogP contribution is -2.05. The van der Waals surface area contributed by atoms with E-state index in [1.165, 1.54) is 6.07 Å². The van der Waals surface area contributed by atoms with Gasteiger partial charge in [-0.1, -0.05) is 24.6 Å². The fraction of sp³-hybridized carbons (Fsp3) is 0.400. The molecular formula is C15H18ClFN2O. The molecule has 0 fully saturated rings. The first-order valence-electron chi connectivity index (χ1n) is 6.60. The maximum atomic E-state index is 13.4. The summed E-state index contributed by atoms with van der Waals surface area (Å²) in [4.78, 5) is 0. The largest absolute Gasteiger partial charge is 0.388 e. The van der Waals surface area contributed by atoms with Crippen molar-refractivity contribution in [1.82, 2.24) is 9.78 Å². The molecule has 2 aromatic rings. The van der Waals surface area contributed by atoms with Crippen molar-refractivity contribution in [3.8, 4) is 0 Å². The second-order valence-electron chi connectivity index (χ2n) is 4.91. The number of hydrogen-bond donors (Lipinski definition) is 1. The smallest absolute Gasteiger partial charge is 0.142 e. The fourth-order valence-corrected chi connectivity index (χ4v) is 2.48. The fourth-order valence-electron chi connectivity index (χ4n) is 2.36. The molecule has 1 aromatic carbocycles. The van der Waals surface area contributed by atoms with Gasteiger partial charge in [-0.2, -0.15) is 5.10 Å². The Bertz CT molecular complexity index is 625. The molecule has 1 N–H and O–H groups in total. The SMILES string of the molecule is CCC(O)c1c(C)nn(Cc2ccc(Cl)c(F)c2)c1C. The van der Waals surface area contributed by atoms with E-state index in [0.717, 1.165) is 22.5 Å². The first-order valence-corrected chi connectivity index (χ1v) is 6.97. The van der Waals surface area contributed by atoms with Gasteiger partial charge < -0.3 is 5.11 Å². The lowest BCUT2D eigenvalue weighted by Gasteiger charge is -2.09. The average Bonchev–Trinajstić information content (AvgIpc) is 2.68. The third kappa shape index (κ3) is 2.86. The van der Waals surface area contributed by atoms with Crippen LogP contribution in [-0.4, -0.2) is 14.9 Å². The number of aliphatic hydroxyl groups excluding tert-OH is 1. The highest BCUT2D eigenvalue weighted by molar-refractivity contribution is 6.30. The van der Waals surface area contributed by atoms with Gasteiger partial charge in [-0.05, 0) is 38.0 Å². The summed E-state index contributed by atoms with van der Waals surface area (Å²) in [5.41, 5.74) is 3.37. The van der Waals surface area contributed by atoms with E-state index in [1.807, 2.05) is 20.8 Å². The molecule has 1 heterocycles. The van der Waals surface area contributed by atoms with Crippen LogP contribution in [0.15, 0.2) is 18.2 Å². The van der Waals surface area contributed by atoms with Gasteiger partial charge in [-0.15, -0.1) is 0 Å². The summed E-state index contributed by atoms with van der Waals surface area (Å²) in [5, 5.41) is 14.6. The zero-order valence-corrected chi connectivity index (χ0v) is 12.6. The van der Waals surface area contributed by atoms with Gasteiger partial charge in [0.1, 0.15) is 5.82 Å². The molecule has 2 rings (SSSR count). The molecule has 20 heavy (non-hydrogen) atoms. The molecule has 0 saturated heterocycles. The molecule has 0 radical (unpaired) electrons. The number of hydrogen-bond acceptors (Lipinski definition) is 2. The molecule has 0 bridgehead atoms. The third-order valence-electron chi connectivity index (χ3n) is 3.47. The van der Waals surface area contributed by atoms with Gasteiger partial charge in [-0.3, -0.25) is 4.68 Å². The van der Waals surface area contributed by atoms with Crippen molar-refractivity contribution in [2.75, 3.05) is 0 Å². The maximum absolute atomic E-state index is 13.4. The lowest BCUT2D eigenvalue weighted by atomic mass is 10.1. The van der Waals surface area contributed by atoms with E-state index in [2.05, 4.69) is 5.10 Å². The number of aryl methyl sites for hydroxylation is 1. The summed E-state index contributed by atoms with van der Waals surface area (Å²) < 4.78 is 15.2. The van der Waals surface area contributed by atoms with E-state index in [0.29, 0.717) is 13.0 Å². The Morgan fingerprint density at radius 1 is 1.40 bits per heavy atom. The number of aromatic nitrogens is 2. The molecule has 108 valence electrons. The maximum Gasteiger partial charge on any atom is 0.142 e. The van der Waals surface area contributed by atoms with Crippen LogP contribution in [0.2, 0.25) is 5.02 Å². The second kappa shape index (κ2) is 5.94. The van der Waals surface area contributed by atoms with E-state index in [9.17, 15) is 9.50 Å². The highest BCUT2D eigenvalue weighted by Crippen LogP contribution is 2.24. The van der Waals surface area contributed by atoms with E-state index >= 15 is 0 Å². The molecule has 0 saturated carbocycles. The van der Waals surface area contributed by atoms with Gasteiger partial charge in [0.2, 0.25) is 0 Å². The van der Waals surface area contributed by atoms with Crippen molar-refractivity contribution in [2.45, 2.75) is 39.8 Å². The highest BCUT2D eigenvalue weighted by Gasteiger charge is 2.17. The van der Waals surface area contributed by atoms with Crippen LogP contribution in [0.3, 0.4) is 0 Å². The monoisotopic (exact) mass is 296 g/mol. The van der Waals surface area contributed by atoms with E-state index < -0.39 is 11.9 Å². The van der Waals surface area contributed by atoms with Crippen LogP contribution in [0, 0.1) is 19.7 Å². The van der Waals surface area contributed by atoms with Crippen LogP contribution in [0.1, 0.15) is 42.0 Å². The van der Waals surface area contributed by atoms with Crippen molar-refractivity contribution in [1.29, 1.82) is 0 Å². The number of halogens is 2. The van der Waals surface area contributed by atoms with Gasteiger partial charge in [0.05, 0.1) is 23.4 Å². The molecule has 0 aliphatic carbocycles. The van der Waals surface area contributed by atoms with Crippen LogP contribution in [0.5, 0.6) is 0 Å². The van der Waals surface area contributed by atoms with Crippen molar-refractivity contribution in [2.24, 2.45) is 0 Å². The second-order valence-corrected chi connectivity index (χ2v) is 5.32. The average molecular weight is 297 g/mol. The minimum absolute atomic E-state index is 0.115. The Hall–Kier alpha value is -1.39. The molecule has 5 heteroatoms. The van der Waals surface area contributed by atoms with Crippen molar-refractivity contribution in [3.63, 3.8) is 0 Å². The molecular weight excluding hydrogens is 279 g/mol. The van der Waals surface area contributed by atoms with Crippen molar-refractivity contribution >= 4 is 11.6 Å². The zero-order valence-electron chi connectivity index (χ0n) is 11.8. The molecule has 1 unspecified atom stereocenters. The molecule has 1 atom stereocenters. The number of nitrogens with zero attached hydrogens (tertiary/aromatic N) is 2. The van der Waals surface area contributed by atoms with Crippen molar-refractivity contribution in [3.05, 3.63) is 51.6 Å². The topological polar surface area (TPSA) is 38.1 Å². The summed E-state index contributed by atoms with van der Waals surface area (Å²) in [7, 11) is 0. The zero-order chi connectivity index (χ0) is 14.9. The predicted molar refractivity (Wildman–Crippen MR) is 77.5 cm³/mol. The Morgan fingerprint density at radius 2 is 2.10 bits per heavy atom. The molecule has 0 spiro atoms. The number of aliphatic hydroxyl groups is 1. The van der Waals surface area contributed by atoms with Gasteiger partial charge in [0.25, 0.3) is 0 Å². The van der Waals surface area contributed by atoms with Crippen LogP contribution in [0.25, 0.3) is 0 Å². The number of rotatable bonds is 4. The molecule has 0 aliphatic heterocycles. The quantitative estimate of drug-likeness (QED) is 0.932. The van der Waals surface area contributed by atoms with E-state index in [1.54, 1.807) is 16.8 Å². The normalized spacial score (nSPS) is 12.7. The predicted octanol–water partition coefficient (Wildman–Crippen LogP) is 3.78. The Balaban J connectivity index is 2.32. The standard InChI is InChI=1S/C15H18ClFN2O/c1-4-14(20)15-9(2)18-19(10(15)3)8-11-5-6-12(16)13(17)7-11/h5-7,14,20H,4,8H2,1-3H3. The van der Waals surface area contributed by atoms with Crippen LogP contribution in [0.4, 0.5) is 4.39 Å². The van der Waals surface area contributed by atoms with Gasteiger partial charge in [-0.25, -0.2) is 4.39 Å². The van der Waals surface area contributed by atoms with Crippen molar-refractivity contribution < 1.29 is 9.50 Å². The van der Waals surface area contributed by atoms with Crippen LogP contribution in [-0.2, 0) is 6.54 Å². The van der Waals surface area contributed by atoms with E-state index in [-0.39, 0.29) is 5.02 Å². The molecule has 3 nitrogen and oxygen atoms in total. The Labute approximate surface area is 123 Å².